The summed E-state index contributed by atoms with van der Waals surface area (Å²) in [6.45, 7) is 2.43. The molecular weight excluding hydrogens is 332 g/mol. The number of hydrogen-bond donors (Lipinski definition) is 1. The highest BCUT2D eigenvalue weighted by Crippen LogP contribution is 2.20. The zero-order chi connectivity index (χ0) is 16.0. The van der Waals surface area contributed by atoms with Gasteiger partial charge in [-0.25, -0.2) is 0 Å². The molecule has 0 aromatic heterocycles. The smallest absolute Gasteiger partial charge is 0.226 e. The maximum atomic E-state index is 12.0. The molecule has 0 aliphatic rings. The lowest BCUT2D eigenvalue weighted by Gasteiger charge is -2.22. The molecule has 1 amide bonds. The minimum absolute atomic E-state index is 0.0268. The molecule has 21 heavy (non-hydrogen) atoms. The number of halogens is 1. The first kappa shape index (κ1) is 17.5. The topological polar surface area (TPSA) is 47.9 Å². The van der Waals surface area contributed by atoms with E-state index >= 15 is 0 Å². The van der Waals surface area contributed by atoms with E-state index in [1.807, 2.05) is 63.1 Å². The number of hydrogen-bond acceptors (Lipinski definition) is 2. The molecule has 0 aliphatic heterocycles. The van der Waals surface area contributed by atoms with Gasteiger partial charge in [-0.05, 0) is 30.7 Å². The molecule has 1 aromatic carbocycles. The Morgan fingerprint density at radius 2 is 1.86 bits per heavy atom. The Kier molecular flexibility index (Phi) is 6.68. The van der Waals surface area contributed by atoms with Crippen molar-refractivity contribution in [2.75, 3.05) is 40.1 Å². The molecule has 0 unspecified atom stereocenters. The summed E-state index contributed by atoms with van der Waals surface area (Å²) < 4.78 is 1.00. The van der Waals surface area contributed by atoms with E-state index in [-0.39, 0.29) is 5.91 Å². The molecule has 0 spiro atoms. The summed E-state index contributed by atoms with van der Waals surface area (Å²) in [5.74, 6) is 0.823. The van der Waals surface area contributed by atoms with Gasteiger partial charge in [0, 0.05) is 44.8 Å². The highest BCUT2D eigenvalue weighted by atomic mass is 79.9. The van der Waals surface area contributed by atoms with Crippen molar-refractivity contribution in [1.82, 2.24) is 9.80 Å². The Hall–Kier alpha value is -1.56. The molecule has 116 valence electrons. The van der Waals surface area contributed by atoms with Crippen molar-refractivity contribution in [3.63, 3.8) is 0 Å². The number of guanidine groups is 1. The van der Waals surface area contributed by atoms with E-state index in [1.165, 1.54) is 0 Å². The highest BCUT2D eigenvalue weighted by Gasteiger charge is 2.07. The number of nitrogens with zero attached hydrogens (tertiary/aromatic N) is 3. The van der Waals surface area contributed by atoms with Crippen LogP contribution in [0.3, 0.4) is 0 Å². The van der Waals surface area contributed by atoms with E-state index in [0.29, 0.717) is 13.0 Å². The van der Waals surface area contributed by atoms with Gasteiger partial charge in [-0.3, -0.25) is 9.79 Å². The van der Waals surface area contributed by atoms with Crippen LogP contribution in [0.2, 0.25) is 0 Å². The molecule has 6 heteroatoms. The predicted molar refractivity (Wildman–Crippen MR) is 91.8 cm³/mol. The maximum Gasteiger partial charge on any atom is 0.226 e. The molecule has 1 rings (SSSR count). The van der Waals surface area contributed by atoms with Crippen LogP contribution in [0.15, 0.2) is 27.7 Å². The average Bonchev–Trinajstić information content (AvgIpc) is 2.37. The normalized spacial score (nSPS) is 10.0. The van der Waals surface area contributed by atoms with Crippen LogP contribution in [0.4, 0.5) is 5.69 Å². The molecule has 0 atom stereocenters. The molecular formula is C15H23BrN4O. The van der Waals surface area contributed by atoms with E-state index < -0.39 is 0 Å². The molecule has 0 fully saturated rings. The molecule has 0 bridgehead atoms. The Morgan fingerprint density at radius 1 is 1.24 bits per heavy atom. The Bertz CT molecular complexity index is 516. The van der Waals surface area contributed by atoms with Gasteiger partial charge in [0.25, 0.3) is 0 Å². The molecule has 1 N–H and O–H groups in total. The number of aryl methyl sites for hydroxylation is 1. The van der Waals surface area contributed by atoms with Gasteiger partial charge >= 0.3 is 0 Å². The summed E-state index contributed by atoms with van der Waals surface area (Å²) in [6, 6.07) is 5.78. The van der Waals surface area contributed by atoms with E-state index in [4.69, 9.17) is 0 Å². The molecule has 0 aliphatic carbocycles. The average molecular weight is 355 g/mol. The Morgan fingerprint density at radius 3 is 2.38 bits per heavy atom. The van der Waals surface area contributed by atoms with E-state index in [1.54, 1.807) is 0 Å². The van der Waals surface area contributed by atoms with Gasteiger partial charge < -0.3 is 15.1 Å². The van der Waals surface area contributed by atoms with Crippen molar-refractivity contribution in [1.29, 1.82) is 0 Å². The number of carbonyl (C=O) groups excluding carboxylic acids is 1. The van der Waals surface area contributed by atoms with Gasteiger partial charge in [-0.15, -0.1) is 0 Å². The van der Waals surface area contributed by atoms with Crippen LogP contribution in [-0.2, 0) is 4.79 Å². The third-order valence-corrected chi connectivity index (χ3v) is 3.35. The van der Waals surface area contributed by atoms with Crippen molar-refractivity contribution in [2.45, 2.75) is 13.3 Å². The second-order valence-electron chi connectivity index (χ2n) is 5.23. The zero-order valence-electron chi connectivity index (χ0n) is 13.3. The number of carbonyl (C=O) groups is 1. The SMILES string of the molecule is Cc1cc(Br)ccc1NC(=O)CCN=C(N(C)C)N(C)C. The molecule has 0 radical (unpaired) electrons. The van der Waals surface area contributed by atoms with Crippen LogP contribution < -0.4 is 5.32 Å². The van der Waals surface area contributed by atoms with Crippen LogP contribution in [0.5, 0.6) is 0 Å². The van der Waals surface area contributed by atoms with Gasteiger partial charge in [0.05, 0.1) is 6.54 Å². The summed E-state index contributed by atoms with van der Waals surface area (Å²) in [4.78, 5) is 20.2. The number of nitrogens with one attached hydrogen (secondary N) is 1. The number of anilines is 1. The van der Waals surface area contributed by atoms with Crippen molar-refractivity contribution >= 4 is 33.5 Å². The van der Waals surface area contributed by atoms with Gasteiger partial charge in [-0.2, -0.15) is 0 Å². The van der Waals surface area contributed by atoms with Crippen molar-refractivity contribution < 1.29 is 4.79 Å². The van der Waals surface area contributed by atoms with Crippen LogP contribution >= 0.6 is 15.9 Å². The number of benzene rings is 1. The fourth-order valence-electron chi connectivity index (χ4n) is 1.92. The van der Waals surface area contributed by atoms with Crippen molar-refractivity contribution in [2.24, 2.45) is 4.99 Å². The van der Waals surface area contributed by atoms with Gasteiger partial charge in [0.1, 0.15) is 0 Å². The van der Waals surface area contributed by atoms with E-state index in [9.17, 15) is 4.79 Å². The lowest BCUT2D eigenvalue weighted by Crippen LogP contribution is -2.35. The summed E-state index contributed by atoms with van der Waals surface area (Å²) >= 11 is 3.41. The molecule has 0 heterocycles. The third kappa shape index (κ3) is 5.75. The summed E-state index contributed by atoms with van der Waals surface area (Å²) in [7, 11) is 7.74. The zero-order valence-corrected chi connectivity index (χ0v) is 14.9. The van der Waals surface area contributed by atoms with E-state index in [2.05, 4.69) is 26.2 Å². The lowest BCUT2D eigenvalue weighted by atomic mass is 10.2. The monoisotopic (exact) mass is 354 g/mol. The molecule has 0 saturated carbocycles. The first-order valence-corrected chi connectivity index (χ1v) is 7.55. The summed E-state index contributed by atoms with van der Waals surface area (Å²) in [5.41, 5.74) is 1.87. The standard InChI is InChI=1S/C15H23BrN4O/c1-11-10-12(16)6-7-13(11)18-14(21)8-9-17-15(19(2)3)20(4)5/h6-7,10H,8-9H2,1-5H3,(H,18,21). The Balaban J connectivity index is 2.56. The summed E-state index contributed by atoms with van der Waals surface area (Å²) in [5, 5.41) is 2.91. The Labute approximate surface area is 135 Å². The lowest BCUT2D eigenvalue weighted by molar-refractivity contribution is -0.116. The van der Waals surface area contributed by atoms with Gasteiger partial charge in [0.15, 0.2) is 5.96 Å². The largest absolute Gasteiger partial charge is 0.349 e. The van der Waals surface area contributed by atoms with Crippen LogP contribution in [0.25, 0.3) is 0 Å². The van der Waals surface area contributed by atoms with Gasteiger partial charge in [-0.1, -0.05) is 15.9 Å². The minimum Gasteiger partial charge on any atom is -0.349 e. The molecule has 0 saturated heterocycles. The van der Waals surface area contributed by atoms with Crippen LogP contribution in [0.1, 0.15) is 12.0 Å². The third-order valence-electron chi connectivity index (χ3n) is 2.85. The van der Waals surface area contributed by atoms with Crippen molar-refractivity contribution in [3.05, 3.63) is 28.2 Å². The van der Waals surface area contributed by atoms with E-state index in [0.717, 1.165) is 21.7 Å². The quantitative estimate of drug-likeness (QED) is 0.667. The number of rotatable bonds is 4. The molecule has 1 aromatic rings. The van der Waals surface area contributed by atoms with Crippen molar-refractivity contribution in [3.8, 4) is 0 Å². The van der Waals surface area contributed by atoms with Gasteiger partial charge in [0.2, 0.25) is 5.91 Å². The number of amides is 1. The highest BCUT2D eigenvalue weighted by molar-refractivity contribution is 9.10. The van der Waals surface area contributed by atoms with Crippen LogP contribution in [0, 0.1) is 6.92 Å². The second kappa shape index (κ2) is 8.02. The van der Waals surface area contributed by atoms with Crippen LogP contribution in [-0.4, -0.2) is 56.4 Å². The fourth-order valence-corrected chi connectivity index (χ4v) is 2.40. The number of aliphatic imine (C=N–C) groups is 1. The maximum absolute atomic E-state index is 12.0. The predicted octanol–water partition coefficient (Wildman–Crippen LogP) is 2.57. The fraction of sp³-hybridized carbons (Fsp3) is 0.467. The first-order chi connectivity index (χ1) is 9.81. The second-order valence-corrected chi connectivity index (χ2v) is 6.14. The summed E-state index contributed by atoms with van der Waals surface area (Å²) in [6.07, 6.45) is 0.362. The minimum atomic E-state index is -0.0268. The first-order valence-electron chi connectivity index (χ1n) is 6.76. The molecule has 5 nitrogen and oxygen atoms in total.